The Labute approximate surface area is 290 Å². The number of ether oxygens (including phenoxy) is 1. The lowest BCUT2D eigenvalue weighted by Gasteiger charge is -2.27. The van der Waals surface area contributed by atoms with Gasteiger partial charge in [0.15, 0.2) is 6.61 Å². The lowest BCUT2D eigenvalue weighted by Crippen LogP contribution is -2.42. The van der Waals surface area contributed by atoms with Gasteiger partial charge in [0, 0.05) is 35.9 Å². The monoisotopic (exact) mass is 712 g/mol. The average molecular weight is 713 g/mol. The van der Waals surface area contributed by atoms with Crippen LogP contribution in [0.1, 0.15) is 55.5 Å². The molecule has 0 unspecified atom stereocenters. The summed E-state index contributed by atoms with van der Waals surface area (Å²) in [5.41, 5.74) is 0.329. The quantitative estimate of drug-likeness (QED) is 0.0921. The summed E-state index contributed by atoms with van der Waals surface area (Å²) in [5, 5.41) is 15.8. The molecule has 2 saturated carbocycles. The van der Waals surface area contributed by atoms with E-state index in [-0.39, 0.29) is 30.0 Å². The molecule has 1 aromatic heterocycles. The van der Waals surface area contributed by atoms with Gasteiger partial charge in [-0.05, 0) is 79.0 Å². The van der Waals surface area contributed by atoms with E-state index in [4.69, 9.17) is 16.3 Å². The molecule has 5 N–H and O–H groups in total. The van der Waals surface area contributed by atoms with Crippen molar-refractivity contribution in [2.24, 2.45) is 11.3 Å². The molecule has 0 aliphatic heterocycles. The molecule has 2 aliphatic carbocycles. The van der Waals surface area contributed by atoms with Crippen molar-refractivity contribution in [3.63, 3.8) is 0 Å². The summed E-state index contributed by atoms with van der Waals surface area (Å²) in [6, 6.07) is 13.1. The van der Waals surface area contributed by atoms with Crippen LogP contribution in [0.15, 0.2) is 58.1 Å². The smallest absolute Gasteiger partial charge is 0.422 e. The van der Waals surface area contributed by atoms with Crippen LogP contribution < -0.4 is 42.2 Å². The van der Waals surface area contributed by atoms with E-state index in [0.29, 0.717) is 41.0 Å². The molecule has 2 fully saturated rings. The molecule has 3 aromatic carbocycles. The second-order valence-electron chi connectivity index (χ2n) is 13.5. The molecular weight excluding hydrogens is 677 g/mol. The van der Waals surface area contributed by atoms with Gasteiger partial charge in [0.25, 0.3) is 16.8 Å². The summed E-state index contributed by atoms with van der Waals surface area (Å²) in [6.07, 6.45) is -0.868. The van der Waals surface area contributed by atoms with Crippen LogP contribution in [0.25, 0.3) is 0 Å². The van der Waals surface area contributed by atoms with Gasteiger partial charge < -0.3 is 31.3 Å². The van der Waals surface area contributed by atoms with E-state index in [1.807, 2.05) is 26.0 Å². The highest BCUT2D eigenvalue weighted by Gasteiger charge is 2.45. The van der Waals surface area contributed by atoms with E-state index in [1.54, 1.807) is 36.4 Å². The van der Waals surface area contributed by atoms with Crippen LogP contribution in [0.5, 0.6) is 6.01 Å². The Morgan fingerprint density at radius 1 is 0.900 bits per heavy atom. The Balaban J connectivity index is 1.07. The number of nitrogens with zero attached hydrogens (tertiary/aromatic N) is 3. The van der Waals surface area contributed by atoms with Crippen molar-refractivity contribution in [2.45, 2.75) is 51.2 Å². The van der Waals surface area contributed by atoms with Crippen LogP contribution in [0.3, 0.4) is 0 Å². The van der Waals surface area contributed by atoms with E-state index < -0.39 is 40.6 Å². The molecule has 50 heavy (non-hydrogen) atoms. The van der Waals surface area contributed by atoms with Crippen LogP contribution in [0.4, 0.5) is 42.1 Å². The standard InChI is InChI=1S/C34H36ClF3N8O4/c1-32(2,16-40-25-24(26(47)27(25)48)39-15-19-3-4-19)17-41-28(49)20-5-11-23(12-6-20)42-29-43-30(45-31(44-29)50-18-34(36,37)38)46-33(13-14-33)21-7-9-22(35)10-8-21/h5-12,19,39-40H,3-4,13-18H2,1-2H3,(H,41,49)(H2,42,43,44,45,46). The maximum atomic E-state index is 13.0. The summed E-state index contributed by atoms with van der Waals surface area (Å²) in [4.78, 5) is 49.5. The van der Waals surface area contributed by atoms with Crippen LogP contribution in [-0.4, -0.2) is 53.3 Å². The molecule has 16 heteroatoms. The Morgan fingerprint density at radius 3 is 2.16 bits per heavy atom. The number of hydrogen-bond acceptors (Lipinski definition) is 11. The first-order valence-electron chi connectivity index (χ1n) is 16.1. The second-order valence-corrected chi connectivity index (χ2v) is 14.0. The fourth-order valence-electron chi connectivity index (χ4n) is 5.22. The van der Waals surface area contributed by atoms with E-state index in [1.165, 1.54) is 0 Å². The number of anilines is 5. The third kappa shape index (κ3) is 8.80. The number of nitrogens with one attached hydrogen (secondary N) is 5. The molecule has 2 aliphatic rings. The fourth-order valence-corrected chi connectivity index (χ4v) is 5.34. The Bertz CT molecular complexity index is 1920. The molecule has 4 aromatic rings. The van der Waals surface area contributed by atoms with Crippen molar-refractivity contribution in [1.29, 1.82) is 0 Å². The van der Waals surface area contributed by atoms with Crippen molar-refractivity contribution in [1.82, 2.24) is 20.3 Å². The van der Waals surface area contributed by atoms with Crippen molar-refractivity contribution in [2.75, 3.05) is 47.5 Å². The summed E-state index contributed by atoms with van der Waals surface area (Å²) in [6.45, 7) is 3.55. The molecule has 0 radical (unpaired) electrons. The number of amides is 1. The minimum Gasteiger partial charge on any atom is -0.454 e. The van der Waals surface area contributed by atoms with Crippen LogP contribution >= 0.6 is 11.6 Å². The normalized spacial score (nSPS) is 15.3. The van der Waals surface area contributed by atoms with Gasteiger partial charge in [-0.15, -0.1) is 0 Å². The van der Waals surface area contributed by atoms with Gasteiger partial charge in [0.05, 0.1) is 5.54 Å². The summed E-state index contributed by atoms with van der Waals surface area (Å²) in [7, 11) is 0. The molecule has 1 heterocycles. The van der Waals surface area contributed by atoms with Crippen LogP contribution in [0, 0.1) is 11.3 Å². The van der Waals surface area contributed by atoms with E-state index in [9.17, 15) is 27.6 Å². The zero-order valence-electron chi connectivity index (χ0n) is 27.3. The number of carbonyl (C=O) groups excluding carboxylic acids is 1. The van der Waals surface area contributed by atoms with Crippen molar-refractivity contribution in [3.8, 4) is 6.01 Å². The first kappa shape index (κ1) is 34.9. The number of rotatable bonds is 16. The molecule has 0 spiro atoms. The predicted octanol–water partition coefficient (Wildman–Crippen LogP) is 5.60. The minimum absolute atomic E-state index is 0.0236. The Hall–Kier alpha value is -4.92. The number of alkyl halides is 3. The number of hydrogen-bond donors (Lipinski definition) is 5. The topological polar surface area (TPSA) is 159 Å². The maximum absolute atomic E-state index is 13.0. The SMILES string of the molecule is CC(C)(CNC(=O)c1ccc(Nc2nc(NC3(c4ccc(Cl)cc4)CC3)nc(OCC(F)(F)F)n2)cc1)CNc1c(NCC2CC2)c(=O)c1=O. The van der Waals surface area contributed by atoms with Gasteiger partial charge in [0.2, 0.25) is 11.9 Å². The number of benzene rings is 2. The largest absolute Gasteiger partial charge is 0.454 e. The zero-order valence-corrected chi connectivity index (χ0v) is 28.1. The fraction of sp³-hybridized carbons (Fsp3) is 0.412. The molecule has 0 saturated heterocycles. The molecule has 0 atom stereocenters. The third-order valence-electron chi connectivity index (χ3n) is 8.53. The van der Waals surface area contributed by atoms with E-state index in [2.05, 4.69) is 41.5 Å². The summed E-state index contributed by atoms with van der Waals surface area (Å²) in [5.74, 6) is 0.168. The number of carbonyl (C=O) groups is 1. The first-order valence-corrected chi connectivity index (χ1v) is 16.5. The summed E-state index contributed by atoms with van der Waals surface area (Å²) < 4.78 is 43.6. The molecule has 1 amide bonds. The number of halogens is 4. The zero-order chi connectivity index (χ0) is 35.7. The molecule has 0 bridgehead atoms. The second kappa shape index (κ2) is 13.8. The first-order chi connectivity index (χ1) is 23.7. The van der Waals surface area contributed by atoms with Gasteiger partial charge in [-0.1, -0.05) is 37.6 Å². The van der Waals surface area contributed by atoms with Gasteiger partial charge in [0.1, 0.15) is 11.4 Å². The lowest BCUT2D eigenvalue weighted by atomic mass is 9.93. The minimum atomic E-state index is -4.60. The molecule has 264 valence electrons. The van der Waals surface area contributed by atoms with Crippen molar-refractivity contribution >= 4 is 46.5 Å². The van der Waals surface area contributed by atoms with Gasteiger partial charge in [-0.25, -0.2) is 0 Å². The molecule has 6 rings (SSSR count). The highest BCUT2D eigenvalue weighted by atomic mass is 35.5. The predicted molar refractivity (Wildman–Crippen MR) is 184 cm³/mol. The van der Waals surface area contributed by atoms with E-state index >= 15 is 0 Å². The molecular formula is C34H36ClF3N8O4. The maximum Gasteiger partial charge on any atom is 0.422 e. The summed E-state index contributed by atoms with van der Waals surface area (Å²) >= 11 is 6.03. The van der Waals surface area contributed by atoms with Gasteiger partial charge >= 0.3 is 12.2 Å². The Kier molecular flexibility index (Phi) is 9.62. The third-order valence-corrected chi connectivity index (χ3v) is 8.78. The van der Waals surface area contributed by atoms with E-state index in [0.717, 1.165) is 31.2 Å². The number of aromatic nitrogens is 3. The highest BCUT2D eigenvalue weighted by Crippen LogP contribution is 2.48. The average Bonchev–Trinajstić information content (AvgIpc) is 4.02. The Morgan fingerprint density at radius 2 is 1.54 bits per heavy atom. The van der Waals surface area contributed by atoms with Gasteiger partial charge in [-0.3, -0.25) is 14.4 Å². The van der Waals surface area contributed by atoms with Crippen molar-refractivity contribution < 1.29 is 22.7 Å². The highest BCUT2D eigenvalue weighted by molar-refractivity contribution is 6.30. The van der Waals surface area contributed by atoms with Crippen molar-refractivity contribution in [3.05, 3.63) is 85.1 Å². The van der Waals surface area contributed by atoms with Crippen LogP contribution in [-0.2, 0) is 5.54 Å². The molecule has 12 nitrogen and oxygen atoms in total. The van der Waals surface area contributed by atoms with Gasteiger partial charge in [-0.2, -0.15) is 28.1 Å². The lowest BCUT2D eigenvalue weighted by molar-refractivity contribution is -0.154. The van der Waals surface area contributed by atoms with Crippen LogP contribution in [0.2, 0.25) is 5.02 Å².